The highest BCUT2D eigenvalue weighted by atomic mass is 15.2. The van der Waals surface area contributed by atoms with Gasteiger partial charge in [0.15, 0.2) is 5.96 Å². The van der Waals surface area contributed by atoms with Crippen molar-refractivity contribution in [1.29, 1.82) is 0 Å². The molecule has 0 spiro atoms. The van der Waals surface area contributed by atoms with Crippen LogP contribution < -0.4 is 10.6 Å². The van der Waals surface area contributed by atoms with Crippen molar-refractivity contribution < 1.29 is 0 Å². The lowest BCUT2D eigenvalue weighted by atomic mass is 10.1. The van der Waals surface area contributed by atoms with Crippen LogP contribution in [0, 0.1) is 17.8 Å². The van der Waals surface area contributed by atoms with E-state index in [0.29, 0.717) is 17.8 Å². The van der Waals surface area contributed by atoms with E-state index in [-0.39, 0.29) is 0 Å². The summed E-state index contributed by atoms with van der Waals surface area (Å²) in [5.41, 5.74) is 0. The second-order valence-corrected chi connectivity index (χ2v) is 5.75. The molecule has 3 aliphatic carbocycles. The summed E-state index contributed by atoms with van der Waals surface area (Å²) in [5.74, 6) is 2.25. The quantitative estimate of drug-likeness (QED) is 0.583. The lowest BCUT2D eigenvalue weighted by molar-refractivity contribution is 0.691. The van der Waals surface area contributed by atoms with E-state index in [9.17, 15) is 0 Å². The van der Waals surface area contributed by atoms with Gasteiger partial charge in [0.05, 0.1) is 6.54 Å². The SMILES string of the molecule is C1=CC(CN=C(NCC2C=CC=C2)NCC2C=CC=C2)C=C1. The van der Waals surface area contributed by atoms with Gasteiger partial charge in [-0.05, 0) is 0 Å². The molecule has 0 amide bonds. The molecular weight excluding hydrogens is 270 g/mol. The summed E-state index contributed by atoms with van der Waals surface area (Å²) in [4.78, 5) is 4.72. The van der Waals surface area contributed by atoms with E-state index in [1.54, 1.807) is 0 Å². The van der Waals surface area contributed by atoms with Crippen molar-refractivity contribution in [2.24, 2.45) is 22.7 Å². The third kappa shape index (κ3) is 4.35. The Labute approximate surface area is 132 Å². The van der Waals surface area contributed by atoms with Gasteiger partial charge >= 0.3 is 0 Å². The minimum atomic E-state index is 0.427. The van der Waals surface area contributed by atoms with E-state index in [4.69, 9.17) is 4.99 Å². The van der Waals surface area contributed by atoms with Gasteiger partial charge < -0.3 is 10.6 Å². The van der Waals surface area contributed by atoms with Crippen molar-refractivity contribution in [2.75, 3.05) is 19.6 Å². The average molecular weight is 293 g/mol. The fourth-order valence-corrected chi connectivity index (χ4v) is 2.63. The van der Waals surface area contributed by atoms with Crippen LogP contribution in [0.25, 0.3) is 0 Å². The molecule has 0 saturated heterocycles. The minimum Gasteiger partial charge on any atom is -0.356 e. The van der Waals surface area contributed by atoms with Crippen LogP contribution in [0.4, 0.5) is 0 Å². The first kappa shape index (κ1) is 14.6. The maximum atomic E-state index is 4.72. The van der Waals surface area contributed by atoms with Crippen LogP contribution in [-0.4, -0.2) is 25.6 Å². The molecule has 0 bridgehead atoms. The molecule has 114 valence electrons. The van der Waals surface area contributed by atoms with Crippen LogP contribution in [0.15, 0.2) is 77.9 Å². The Balaban J connectivity index is 1.52. The largest absolute Gasteiger partial charge is 0.356 e. The molecule has 0 aromatic rings. The molecule has 22 heavy (non-hydrogen) atoms. The monoisotopic (exact) mass is 293 g/mol. The molecule has 0 heterocycles. The van der Waals surface area contributed by atoms with E-state index >= 15 is 0 Å². The number of nitrogens with zero attached hydrogens (tertiary/aromatic N) is 1. The van der Waals surface area contributed by atoms with E-state index in [1.165, 1.54) is 0 Å². The molecular formula is C19H23N3. The zero-order valence-corrected chi connectivity index (χ0v) is 12.7. The Morgan fingerprint density at radius 1 is 0.636 bits per heavy atom. The van der Waals surface area contributed by atoms with Crippen molar-refractivity contribution >= 4 is 5.96 Å². The molecule has 0 unspecified atom stereocenters. The van der Waals surface area contributed by atoms with Gasteiger partial charge in [-0.1, -0.05) is 72.9 Å². The zero-order chi connectivity index (χ0) is 15.0. The third-order valence-electron chi connectivity index (χ3n) is 3.95. The molecule has 0 atom stereocenters. The fraction of sp³-hybridized carbons (Fsp3) is 0.316. The maximum absolute atomic E-state index is 4.72. The minimum absolute atomic E-state index is 0.427. The van der Waals surface area contributed by atoms with E-state index in [1.807, 2.05) is 0 Å². The summed E-state index contributed by atoms with van der Waals surface area (Å²) in [6.45, 7) is 2.55. The lowest BCUT2D eigenvalue weighted by Gasteiger charge is -2.16. The second kappa shape index (κ2) is 7.64. The molecule has 0 aromatic carbocycles. The van der Waals surface area contributed by atoms with Gasteiger partial charge in [0.1, 0.15) is 0 Å². The number of nitrogens with one attached hydrogen (secondary N) is 2. The van der Waals surface area contributed by atoms with Crippen LogP contribution in [-0.2, 0) is 0 Å². The van der Waals surface area contributed by atoms with Crippen molar-refractivity contribution in [1.82, 2.24) is 10.6 Å². The molecule has 3 aliphatic rings. The molecule has 3 nitrogen and oxygen atoms in total. The molecule has 0 aliphatic heterocycles. The maximum Gasteiger partial charge on any atom is 0.191 e. The Morgan fingerprint density at radius 3 is 1.50 bits per heavy atom. The summed E-state index contributed by atoms with van der Waals surface area (Å²) < 4.78 is 0. The van der Waals surface area contributed by atoms with Crippen LogP contribution in [0.1, 0.15) is 0 Å². The summed E-state index contributed by atoms with van der Waals surface area (Å²) in [6.07, 6.45) is 25.7. The van der Waals surface area contributed by atoms with Gasteiger partial charge in [0.2, 0.25) is 0 Å². The van der Waals surface area contributed by atoms with Gasteiger partial charge in [0, 0.05) is 30.8 Å². The molecule has 0 fully saturated rings. The highest BCUT2D eigenvalue weighted by Gasteiger charge is 2.09. The van der Waals surface area contributed by atoms with Crippen LogP contribution in [0.5, 0.6) is 0 Å². The Kier molecular flexibility index (Phi) is 5.09. The first-order valence-corrected chi connectivity index (χ1v) is 7.97. The number of aliphatic imine (C=N–C) groups is 1. The molecule has 3 heteroatoms. The van der Waals surface area contributed by atoms with Crippen molar-refractivity contribution in [3.8, 4) is 0 Å². The van der Waals surface area contributed by atoms with E-state index < -0.39 is 0 Å². The van der Waals surface area contributed by atoms with Crippen molar-refractivity contribution in [2.45, 2.75) is 0 Å². The Bertz CT molecular complexity index is 505. The zero-order valence-electron chi connectivity index (χ0n) is 12.7. The summed E-state index contributed by atoms with van der Waals surface area (Å²) in [5, 5.41) is 6.90. The topological polar surface area (TPSA) is 36.4 Å². The normalized spacial score (nSPS) is 19.6. The Morgan fingerprint density at radius 2 is 1.05 bits per heavy atom. The summed E-state index contributed by atoms with van der Waals surface area (Å²) in [6, 6.07) is 0. The molecule has 0 radical (unpaired) electrons. The summed E-state index contributed by atoms with van der Waals surface area (Å²) >= 11 is 0. The molecule has 2 N–H and O–H groups in total. The van der Waals surface area contributed by atoms with Crippen molar-refractivity contribution in [3.63, 3.8) is 0 Å². The average Bonchev–Trinajstić information content (AvgIpc) is 3.29. The number of hydrogen-bond donors (Lipinski definition) is 2. The van der Waals surface area contributed by atoms with Crippen LogP contribution >= 0.6 is 0 Å². The van der Waals surface area contributed by atoms with Gasteiger partial charge in [-0.3, -0.25) is 4.99 Å². The molecule has 0 saturated carbocycles. The van der Waals surface area contributed by atoms with Crippen LogP contribution in [0.3, 0.4) is 0 Å². The molecule has 0 aromatic heterocycles. The third-order valence-corrected chi connectivity index (χ3v) is 3.95. The first-order valence-electron chi connectivity index (χ1n) is 7.97. The number of hydrogen-bond acceptors (Lipinski definition) is 1. The summed E-state index contributed by atoms with van der Waals surface area (Å²) in [7, 11) is 0. The highest BCUT2D eigenvalue weighted by molar-refractivity contribution is 5.80. The number of guanidine groups is 1. The predicted octanol–water partition coefficient (Wildman–Crippen LogP) is 2.75. The van der Waals surface area contributed by atoms with E-state index in [0.717, 1.165) is 25.6 Å². The number of rotatable bonds is 6. The smallest absolute Gasteiger partial charge is 0.191 e. The predicted molar refractivity (Wildman–Crippen MR) is 93.6 cm³/mol. The number of allylic oxidation sites excluding steroid dienone is 6. The van der Waals surface area contributed by atoms with Gasteiger partial charge in [-0.15, -0.1) is 0 Å². The fourth-order valence-electron chi connectivity index (χ4n) is 2.63. The second-order valence-electron chi connectivity index (χ2n) is 5.75. The Hall–Kier alpha value is -2.29. The van der Waals surface area contributed by atoms with Crippen molar-refractivity contribution in [3.05, 3.63) is 72.9 Å². The lowest BCUT2D eigenvalue weighted by Crippen LogP contribution is -2.41. The van der Waals surface area contributed by atoms with Crippen LogP contribution in [0.2, 0.25) is 0 Å². The van der Waals surface area contributed by atoms with Gasteiger partial charge in [-0.25, -0.2) is 0 Å². The van der Waals surface area contributed by atoms with E-state index in [2.05, 4.69) is 83.5 Å². The highest BCUT2D eigenvalue weighted by Crippen LogP contribution is 2.10. The van der Waals surface area contributed by atoms with Gasteiger partial charge in [0.25, 0.3) is 0 Å². The molecule has 3 rings (SSSR count). The first-order chi connectivity index (χ1) is 10.9. The standard InChI is InChI=1S/C19H23N3/c1-2-8-16(7-1)13-20-19(21-14-17-9-3-4-10-17)22-15-18-11-5-6-12-18/h1-12,16-18H,13-15H2,(H2,20,21,22). The van der Waals surface area contributed by atoms with Gasteiger partial charge in [-0.2, -0.15) is 0 Å².